The smallest absolute Gasteiger partial charge is 0.335 e. The number of ether oxygens (including phenoxy) is 4. The molecule has 1 N–H and O–H groups in total. The number of methoxy groups -OCH3 is 1. The molecule has 0 heterocycles. The highest BCUT2D eigenvalue weighted by molar-refractivity contribution is 5.88. The van der Waals surface area contributed by atoms with Crippen molar-refractivity contribution in [3.8, 4) is 11.1 Å². The molecule has 2 saturated carbocycles. The van der Waals surface area contributed by atoms with E-state index in [1.807, 2.05) is 0 Å². The van der Waals surface area contributed by atoms with Crippen LogP contribution in [-0.4, -0.2) is 63.8 Å². The molecular formula is C48H72O7. The molecule has 55 heavy (non-hydrogen) atoms. The van der Waals surface area contributed by atoms with Crippen LogP contribution in [0, 0.1) is 29.1 Å². The van der Waals surface area contributed by atoms with E-state index in [1.54, 1.807) is 13.8 Å². The zero-order chi connectivity index (χ0) is 39.6. The molecule has 306 valence electrons. The zero-order valence-corrected chi connectivity index (χ0v) is 34.9. The number of aryl methyl sites for hydroxylation is 2. The van der Waals surface area contributed by atoms with Gasteiger partial charge in [0.25, 0.3) is 0 Å². The lowest BCUT2D eigenvalue weighted by atomic mass is 9.68. The van der Waals surface area contributed by atoms with E-state index in [0.717, 1.165) is 30.6 Å². The number of hydrogen-bond acceptors (Lipinski definition) is 7. The Kier molecular flexibility index (Phi) is 18.9. The highest BCUT2D eigenvalue weighted by atomic mass is 16.6. The van der Waals surface area contributed by atoms with Gasteiger partial charge < -0.3 is 24.1 Å². The maximum absolute atomic E-state index is 12.9. The molecule has 4 rings (SSSR count). The molecule has 0 bridgehead atoms. The molecule has 0 amide bonds. The zero-order valence-electron chi connectivity index (χ0n) is 34.9. The Morgan fingerprint density at radius 2 is 1.56 bits per heavy atom. The minimum absolute atomic E-state index is 0.0937. The maximum atomic E-state index is 12.9. The van der Waals surface area contributed by atoms with Crippen LogP contribution < -0.4 is 0 Å². The predicted octanol–water partition coefficient (Wildman–Crippen LogP) is 10.4. The number of unbranched alkanes of at least 4 members (excludes halogenated alkanes) is 2. The fraction of sp³-hybridized carbons (Fsp3) is 0.667. The molecular weight excluding hydrogens is 689 g/mol. The molecule has 0 aliphatic heterocycles. The van der Waals surface area contributed by atoms with Gasteiger partial charge >= 0.3 is 11.9 Å². The lowest BCUT2D eigenvalue weighted by Crippen LogP contribution is -2.34. The van der Waals surface area contributed by atoms with E-state index in [2.05, 4.69) is 62.9 Å². The van der Waals surface area contributed by atoms with E-state index in [4.69, 9.17) is 24.1 Å². The third-order valence-corrected chi connectivity index (χ3v) is 12.4. The maximum Gasteiger partial charge on any atom is 0.335 e. The van der Waals surface area contributed by atoms with E-state index < -0.39 is 17.4 Å². The number of aliphatic hydroxyl groups excluding tert-OH is 1. The number of hydrogen-bond donors (Lipinski definition) is 1. The van der Waals surface area contributed by atoms with Crippen LogP contribution in [0.15, 0.2) is 54.6 Å². The first-order valence-corrected chi connectivity index (χ1v) is 21.5. The number of carbonyl (C=O) groups excluding carboxylic acids is 2. The number of benzene rings is 2. The molecule has 0 saturated heterocycles. The average Bonchev–Trinajstić information content (AvgIpc) is 3.20. The molecule has 1 atom stereocenters. The standard InChI is InChI=1S/C48H72O7/c1-7-9-10-11-36-14-17-40(18-15-36)41-19-21-42(22-20-41)43-23-25-44(26-24-43)45-27-16-37(30-39(45)8-2)12-13-38(32-54-46(50)35(3)31-52-6)33-55-47(51)48(4,5)34-53-29-28-49/h16,23-27,30,36,38,40-42,49H,3,7-15,17-22,28-29,31-34H2,1-2,4-6H3. The van der Waals surface area contributed by atoms with E-state index in [1.165, 1.54) is 112 Å². The molecule has 0 radical (unpaired) electrons. The van der Waals surface area contributed by atoms with Crippen molar-refractivity contribution >= 4 is 11.9 Å². The fourth-order valence-electron chi connectivity index (χ4n) is 8.82. The molecule has 2 aromatic rings. The molecule has 0 aromatic heterocycles. The van der Waals surface area contributed by atoms with Gasteiger partial charge in [-0.2, -0.15) is 0 Å². The Hall–Kier alpha value is -3.00. The number of esters is 2. The third-order valence-electron chi connectivity index (χ3n) is 12.4. The summed E-state index contributed by atoms with van der Waals surface area (Å²) < 4.78 is 21.7. The van der Waals surface area contributed by atoms with Crippen LogP contribution in [0.3, 0.4) is 0 Å². The van der Waals surface area contributed by atoms with Gasteiger partial charge in [0, 0.05) is 13.0 Å². The summed E-state index contributed by atoms with van der Waals surface area (Å²) in [6.07, 6.45) is 19.3. The monoisotopic (exact) mass is 761 g/mol. The number of rotatable bonds is 23. The van der Waals surface area contributed by atoms with E-state index in [0.29, 0.717) is 12.3 Å². The first-order chi connectivity index (χ1) is 26.6. The molecule has 1 unspecified atom stereocenters. The molecule has 2 aliphatic rings. The second-order valence-corrected chi connectivity index (χ2v) is 17.2. The Morgan fingerprint density at radius 3 is 2.20 bits per heavy atom. The van der Waals surface area contributed by atoms with Crippen LogP contribution in [0.2, 0.25) is 0 Å². The Morgan fingerprint density at radius 1 is 0.891 bits per heavy atom. The van der Waals surface area contributed by atoms with Crippen molar-refractivity contribution in [2.75, 3.05) is 46.8 Å². The van der Waals surface area contributed by atoms with Gasteiger partial charge in [0.05, 0.1) is 50.6 Å². The molecule has 0 spiro atoms. The summed E-state index contributed by atoms with van der Waals surface area (Å²) in [5, 5.41) is 9.03. The highest BCUT2D eigenvalue weighted by Gasteiger charge is 2.32. The summed E-state index contributed by atoms with van der Waals surface area (Å²) in [5.41, 5.74) is 5.90. The van der Waals surface area contributed by atoms with Crippen molar-refractivity contribution in [2.24, 2.45) is 29.1 Å². The third kappa shape index (κ3) is 14.2. The Labute approximate surface area is 332 Å². The minimum atomic E-state index is -0.876. The van der Waals surface area contributed by atoms with Gasteiger partial charge in [-0.25, -0.2) is 4.79 Å². The summed E-state index contributed by atoms with van der Waals surface area (Å²) >= 11 is 0. The summed E-state index contributed by atoms with van der Waals surface area (Å²) in [6.45, 7) is 12.3. The Balaban J connectivity index is 1.32. The van der Waals surface area contributed by atoms with Gasteiger partial charge in [0.2, 0.25) is 0 Å². The first kappa shape index (κ1) is 44.7. The van der Waals surface area contributed by atoms with Crippen LogP contribution in [-0.2, 0) is 41.4 Å². The quantitative estimate of drug-likeness (QED) is 0.0685. The molecule has 2 fully saturated rings. The Bertz CT molecular complexity index is 1450. The topological polar surface area (TPSA) is 91.3 Å². The largest absolute Gasteiger partial charge is 0.465 e. The van der Waals surface area contributed by atoms with Crippen molar-refractivity contribution in [2.45, 2.75) is 130 Å². The summed E-state index contributed by atoms with van der Waals surface area (Å²) in [7, 11) is 1.50. The van der Waals surface area contributed by atoms with Gasteiger partial charge in [0.15, 0.2) is 0 Å². The van der Waals surface area contributed by atoms with Crippen molar-refractivity contribution < 1.29 is 33.6 Å². The van der Waals surface area contributed by atoms with Crippen LogP contribution in [0.4, 0.5) is 0 Å². The SMILES string of the molecule is C=C(COC)C(=O)OCC(CCc1ccc(-c2ccc(C3CCC(C4CCC(CCCCC)CC4)CC3)cc2)c(CC)c1)COC(=O)C(C)(C)COCCO. The molecule has 7 nitrogen and oxygen atoms in total. The predicted molar refractivity (Wildman–Crippen MR) is 222 cm³/mol. The second-order valence-electron chi connectivity index (χ2n) is 17.2. The van der Waals surface area contributed by atoms with Crippen LogP contribution in [0.5, 0.6) is 0 Å². The van der Waals surface area contributed by atoms with Crippen molar-refractivity contribution in [3.63, 3.8) is 0 Å². The van der Waals surface area contributed by atoms with Gasteiger partial charge in [0.1, 0.15) is 0 Å². The first-order valence-electron chi connectivity index (χ1n) is 21.5. The summed E-state index contributed by atoms with van der Waals surface area (Å²) in [4.78, 5) is 25.4. The lowest BCUT2D eigenvalue weighted by molar-refractivity contribution is -0.160. The number of aliphatic hydroxyl groups is 1. The van der Waals surface area contributed by atoms with E-state index >= 15 is 0 Å². The summed E-state index contributed by atoms with van der Waals surface area (Å²) in [5.74, 6) is 2.46. The van der Waals surface area contributed by atoms with Gasteiger partial charge in [-0.3, -0.25) is 4.79 Å². The molecule has 2 aliphatic carbocycles. The van der Waals surface area contributed by atoms with Crippen LogP contribution >= 0.6 is 0 Å². The normalized spacial score (nSPS) is 20.8. The summed E-state index contributed by atoms with van der Waals surface area (Å²) in [6, 6.07) is 16.1. The second kappa shape index (κ2) is 23.3. The van der Waals surface area contributed by atoms with Gasteiger partial charge in [-0.1, -0.05) is 101 Å². The van der Waals surface area contributed by atoms with Gasteiger partial charge in [-0.05, 0) is 123 Å². The highest BCUT2D eigenvalue weighted by Crippen LogP contribution is 2.45. The minimum Gasteiger partial charge on any atom is -0.465 e. The van der Waals surface area contributed by atoms with Crippen LogP contribution in [0.1, 0.15) is 134 Å². The van der Waals surface area contributed by atoms with E-state index in [-0.39, 0.29) is 51.1 Å². The van der Waals surface area contributed by atoms with Gasteiger partial charge in [-0.15, -0.1) is 0 Å². The fourth-order valence-corrected chi connectivity index (χ4v) is 8.82. The van der Waals surface area contributed by atoms with Crippen molar-refractivity contribution in [1.29, 1.82) is 0 Å². The van der Waals surface area contributed by atoms with Crippen LogP contribution in [0.25, 0.3) is 11.1 Å². The van der Waals surface area contributed by atoms with Crippen molar-refractivity contribution in [3.05, 3.63) is 71.3 Å². The average molecular weight is 761 g/mol. The lowest BCUT2D eigenvalue weighted by Gasteiger charge is -2.38. The molecule has 7 heteroatoms. The van der Waals surface area contributed by atoms with E-state index in [9.17, 15) is 9.59 Å². The molecule has 2 aromatic carbocycles. The van der Waals surface area contributed by atoms with Crippen molar-refractivity contribution in [1.82, 2.24) is 0 Å². The number of carbonyl (C=O) groups is 2.